The highest BCUT2D eigenvalue weighted by Gasteiger charge is 2.35. The van der Waals surface area contributed by atoms with E-state index in [2.05, 4.69) is 81.4 Å². The average Bonchev–Trinajstić information content (AvgIpc) is 3.06. The van der Waals surface area contributed by atoms with Crippen LogP contribution in [-0.2, 0) is 12.0 Å². The van der Waals surface area contributed by atoms with E-state index in [4.69, 9.17) is 10.5 Å². The van der Waals surface area contributed by atoms with E-state index >= 15 is 0 Å². The van der Waals surface area contributed by atoms with E-state index in [0.29, 0.717) is 12.3 Å². The average molecular weight is 430 g/mol. The molecule has 0 spiro atoms. The number of ether oxygens (including phenoxy) is 1. The second-order valence-electron chi connectivity index (χ2n) is 9.59. The van der Waals surface area contributed by atoms with Gasteiger partial charge in [0.15, 0.2) is 0 Å². The Hall–Kier alpha value is -3.78. The van der Waals surface area contributed by atoms with Crippen LogP contribution in [0.2, 0.25) is 0 Å². The van der Waals surface area contributed by atoms with E-state index in [1.807, 2.05) is 24.3 Å². The van der Waals surface area contributed by atoms with Crippen molar-refractivity contribution in [3.63, 3.8) is 0 Å². The lowest BCUT2D eigenvalue weighted by molar-refractivity contribution is 0.311. The Morgan fingerprint density at radius 3 is 2.21 bits per heavy atom. The van der Waals surface area contributed by atoms with Crippen molar-refractivity contribution in [3.8, 4) is 16.9 Å². The molecule has 0 bridgehead atoms. The van der Waals surface area contributed by atoms with Crippen molar-refractivity contribution in [2.24, 2.45) is 0 Å². The maximum Gasteiger partial charge on any atom is 0.142 e. The molecule has 0 atom stereocenters. The van der Waals surface area contributed by atoms with Gasteiger partial charge in [-0.05, 0) is 80.6 Å². The van der Waals surface area contributed by atoms with Gasteiger partial charge in [0.05, 0.1) is 5.69 Å². The van der Waals surface area contributed by atoms with Crippen LogP contribution in [0.5, 0.6) is 5.75 Å². The first-order chi connectivity index (χ1) is 16.0. The lowest BCUT2D eigenvalue weighted by Crippen LogP contribution is -2.15. The number of anilines is 1. The summed E-state index contributed by atoms with van der Waals surface area (Å²) in [5.41, 5.74) is 14.8. The van der Waals surface area contributed by atoms with E-state index in [9.17, 15) is 0 Å². The van der Waals surface area contributed by atoms with Crippen LogP contribution in [0.25, 0.3) is 32.7 Å². The van der Waals surface area contributed by atoms with Gasteiger partial charge in [-0.15, -0.1) is 0 Å². The van der Waals surface area contributed by atoms with Gasteiger partial charge in [-0.3, -0.25) is 0 Å². The molecule has 1 aliphatic rings. The van der Waals surface area contributed by atoms with Crippen LogP contribution in [0.3, 0.4) is 0 Å². The van der Waals surface area contributed by atoms with Crippen molar-refractivity contribution in [3.05, 3.63) is 107 Å². The summed E-state index contributed by atoms with van der Waals surface area (Å²) in [5, 5.41) is 5.07. The summed E-state index contributed by atoms with van der Waals surface area (Å²) in [5.74, 6) is 0.726. The standard InChI is InChI=1S/C31H27NO/c1-19-20-10-4-5-11-21(20)26(18-33-30-15-9-8-14-29(30)32)24-17-28-25(16-23(19)24)22-12-6-7-13-27(22)31(28,2)3/h4-17H,18,32H2,1-3H3. The van der Waals surface area contributed by atoms with Crippen LogP contribution in [0, 0.1) is 6.92 Å². The second kappa shape index (κ2) is 7.11. The predicted molar refractivity (Wildman–Crippen MR) is 139 cm³/mol. The Morgan fingerprint density at radius 2 is 1.39 bits per heavy atom. The molecule has 2 heteroatoms. The smallest absolute Gasteiger partial charge is 0.142 e. The Labute approximate surface area is 194 Å². The molecule has 0 unspecified atom stereocenters. The molecular formula is C31H27NO. The van der Waals surface area contributed by atoms with Crippen LogP contribution >= 0.6 is 0 Å². The van der Waals surface area contributed by atoms with Gasteiger partial charge in [0, 0.05) is 11.0 Å². The van der Waals surface area contributed by atoms with Crippen LogP contribution in [0.1, 0.15) is 36.1 Å². The Morgan fingerprint density at radius 1 is 0.697 bits per heavy atom. The largest absolute Gasteiger partial charge is 0.487 e. The predicted octanol–water partition coefficient (Wildman–Crippen LogP) is 7.77. The zero-order chi connectivity index (χ0) is 22.7. The molecule has 6 rings (SSSR count). The number of para-hydroxylation sites is 2. The van der Waals surface area contributed by atoms with E-state index in [0.717, 1.165) is 5.75 Å². The first-order valence-electron chi connectivity index (χ1n) is 11.5. The number of rotatable bonds is 3. The van der Waals surface area contributed by atoms with Gasteiger partial charge in [0.1, 0.15) is 12.4 Å². The molecule has 1 aliphatic carbocycles. The van der Waals surface area contributed by atoms with Crippen molar-refractivity contribution < 1.29 is 4.74 Å². The fraction of sp³-hybridized carbons (Fsp3) is 0.161. The Balaban J connectivity index is 1.63. The maximum atomic E-state index is 6.29. The molecular weight excluding hydrogens is 402 g/mol. The molecule has 0 aromatic heterocycles. The highest BCUT2D eigenvalue weighted by atomic mass is 16.5. The third-order valence-electron chi connectivity index (χ3n) is 7.40. The molecule has 0 amide bonds. The molecule has 5 aromatic carbocycles. The number of hydrogen-bond acceptors (Lipinski definition) is 2. The highest BCUT2D eigenvalue weighted by Crippen LogP contribution is 2.50. The van der Waals surface area contributed by atoms with E-state index in [-0.39, 0.29) is 5.41 Å². The summed E-state index contributed by atoms with van der Waals surface area (Å²) in [7, 11) is 0. The lowest BCUT2D eigenvalue weighted by atomic mass is 9.81. The molecule has 0 radical (unpaired) electrons. The van der Waals surface area contributed by atoms with E-state index in [1.165, 1.54) is 54.9 Å². The van der Waals surface area contributed by atoms with Crippen LogP contribution in [-0.4, -0.2) is 0 Å². The summed E-state index contributed by atoms with van der Waals surface area (Å²) < 4.78 is 6.29. The van der Waals surface area contributed by atoms with Crippen molar-refractivity contribution in [2.75, 3.05) is 5.73 Å². The number of fused-ring (bicyclic) bond motifs is 5. The molecule has 0 fully saturated rings. The summed E-state index contributed by atoms with van der Waals surface area (Å²) in [6, 6.07) is 30.0. The summed E-state index contributed by atoms with van der Waals surface area (Å²) in [6.07, 6.45) is 0. The van der Waals surface area contributed by atoms with E-state index in [1.54, 1.807) is 0 Å². The van der Waals surface area contributed by atoms with Crippen molar-refractivity contribution >= 4 is 27.2 Å². The van der Waals surface area contributed by atoms with Gasteiger partial charge in [0.25, 0.3) is 0 Å². The van der Waals surface area contributed by atoms with Crippen LogP contribution < -0.4 is 10.5 Å². The number of nitrogens with two attached hydrogens (primary N) is 1. The summed E-state index contributed by atoms with van der Waals surface area (Å²) in [4.78, 5) is 0. The fourth-order valence-electron chi connectivity index (χ4n) is 5.59. The zero-order valence-electron chi connectivity index (χ0n) is 19.3. The topological polar surface area (TPSA) is 35.2 Å². The second-order valence-corrected chi connectivity index (χ2v) is 9.59. The molecule has 33 heavy (non-hydrogen) atoms. The minimum atomic E-state index is -0.0400. The van der Waals surface area contributed by atoms with Crippen LogP contribution in [0.15, 0.2) is 84.9 Å². The van der Waals surface area contributed by atoms with Crippen molar-refractivity contribution in [1.29, 1.82) is 0 Å². The number of nitrogen functional groups attached to an aromatic ring is 1. The van der Waals surface area contributed by atoms with Gasteiger partial charge < -0.3 is 10.5 Å². The maximum absolute atomic E-state index is 6.29. The van der Waals surface area contributed by atoms with Gasteiger partial charge in [0.2, 0.25) is 0 Å². The third-order valence-corrected chi connectivity index (χ3v) is 7.40. The Bertz CT molecular complexity index is 1560. The molecule has 0 saturated heterocycles. The molecule has 2 nitrogen and oxygen atoms in total. The summed E-state index contributed by atoms with van der Waals surface area (Å²) in [6.45, 7) is 7.37. The van der Waals surface area contributed by atoms with Crippen molar-refractivity contribution in [1.82, 2.24) is 0 Å². The van der Waals surface area contributed by atoms with Crippen molar-refractivity contribution in [2.45, 2.75) is 32.8 Å². The quantitative estimate of drug-likeness (QED) is 0.235. The Kier molecular flexibility index (Phi) is 4.28. The van der Waals surface area contributed by atoms with Gasteiger partial charge in [-0.2, -0.15) is 0 Å². The monoisotopic (exact) mass is 429 g/mol. The molecule has 5 aromatic rings. The van der Waals surface area contributed by atoms with Gasteiger partial charge >= 0.3 is 0 Å². The lowest BCUT2D eigenvalue weighted by Gasteiger charge is -2.23. The van der Waals surface area contributed by atoms with Crippen LogP contribution in [0.4, 0.5) is 5.69 Å². The zero-order valence-corrected chi connectivity index (χ0v) is 19.3. The summed E-state index contributed by atoms with van der Waals surface area (Å²) >= 11 is 0. The number of hydrogen-bond donors (Lipinski definition) is 1. The molecule has 0 saturated carbocycles. The number of aryl methyl sites for hydroxylation is 1. The molecule has 0 heterocycles. The molecule has 0 aliphatic heterocycles. The first kappa shape index (κ1) is 19.9. The normalized spacial score (nSPS) is 13.8. The van der Waals surface area contributed by atoms with E-state index < -0.39 is 0 Å². The first-order valence-corrected chi connectivity index (χ1v) is 11.5. The fourth-order valence-corrected chi connectivity index (χ4v) is 5.59. The number of benzene rings is 5. The highest BCUT2D eigenvalue weighted by molar-refractivity contribution is 6.08. The van der Waals surface area contributed by atoms with Gasteiger partial charge in [-0.1, -0.05) is 74.5 Å². The van der Waals surface area contributed by atoms with Gasteiger partial charge in [-0.25, -0.2) is 0 Å². The molecule has 162 valence electrons. The minimum Gasteiger partial charge on any atom is -0.487 e. The third kappa shape index (κ3) is 2.87. The minimum absolute atomic E-state index is 0.0400. The molecule has 2 N–H and O–H groups in total. The SMILES string of the molecule is Cc1c2ccccc2c(COc2ccccc2N)c2cc3c(cc12)-c1ccccc1C3(C)C.